The van der Waals surface area contributed by atoms with E-state index in [-0.39, 0.29) is 43.0 Å². The minimum atomic E-state index is -5.73. The molecule has 45 heavy (non-hydrogen) atoms. The zero-order chi connectivity index (χ0) is 32.6. The highest BCUT2D eigenvalue weighted by atomic mass is 32.2. The van der Waals surface area contributed by atoms with E-state index >= 15 is 0 Å². The molecule has 0 aliphatic heterocycles. The van der Waals surface area contributed by atoms with Gasteiger partial charge in [-0.05, 0) is 74.6 Å². The quantitative estimate of drug-likeness (QED) is 0.156. The minimum Gasteiger partial charge on any atom is -0.485 e. The van der Waals surface area contributed by atoms with Gasteiger partial charge < -0.3 is 19.0 Å². The molecule has 14 heteroatoms. The molecule has 0 unspecified atom stereocenters. The van der Waals surface area contributed by atoms with E-state index < -0.39 is 33.3 Å². The van der Waals surface area contributed by atoms with Gasteiger partial charge in [0.15, 0.2) is 11.4 Å². The van der Waals surface area contributed by atoms with Gasteiger partial charge in [-0.3, -0.25) is 9.59 Å². The van der Waals surface area contributed by atoms with Gasteiger partial charge in [-0.1, -0.05) is 42.5 Å². The Morgan fingerprint density at radius 3 is 2.27 bits per heavy atom. The van der Waals surface area contributed by atoms with Crippen LogP contribution in [0.25, 0.3) is 0 Å². The van der Waals surface area contributed by atoms with Crippen LogP contribution in [-0.2, 0) is 32.7 Å². The Kier molecular flexibility index (Phi) is 11.0. The molecule has 0 spiro atoms. The number of aryl methyl sites for hydroxylation is 1. The van der Waals surface area contributed by atoms with E-state index in [1.165, 1.54) is 12.1 Å². The summed E-state index contributed by atoms with van der Waals surface area (Å²) in [5, 5.41) is 2.55. The molecular weight excluding hydrogens is 615 g/mol. The predicted octanol–water partition coefficient (Wildman–Crippen LogP) is 5.40. The Labute approximate surface area is 259 Å². The summed E-state index contributed by atoms with van der Waals surface area (Å²) in [6.07, 6.45) is 3.70. The number of ether oxygens (including phenoxy) is 2. The van der Waals surface area contributed by atoms with Crippen LogP contribution >= 0.6 is 0 Å². The van der Waals surface area contributed by atoms with Crippen molar-refractivity contribution in [2.24, 2.45) is 5.92 Å². The molecule has 242 valence electrons. The summed E-state index contributed by atoms with van der Waals surface area (Å²) >= 11 is 0. The highest BCUT2D eigenvalue weighted by molar-refractivity contribution is 7.88. The molecule has 0 bridgehead atoms. The van der Waals surface area contributed by atoms with Crippen molar-refractivity contribution in [3.63, 3.8) is 0 Å². The minimum absolute atomic E-state index is 0.0289. The van der Waals surface area contributed by atoms with Crippen LogP contribution in [-0.4, -0.2) is 48.9 Å². The normalized spacial score (nSPS) is 16.9. The Morgan fingerprint density at radius 2 is 1.64 bits per heavy atom. The van der Waals surface area contributed by atoms with Crippen molar-refractivity contribution >= 4 is 22.0 Å². The molecule has 1 aliphatic carbocycles. The standard InChI is InChI=1S/C31H34F3N3O7S/c1-3-42-27(38)18-35-30(39)28-29(43-19-22-7-5-4-6-8-22)20(2)36-26(37-28)17-21-9-11-23(12-10-21)24-13-15-25(16-14-24)44-45(40,41)31(32,33)34/h4-8,13-16,21,23H,3,9-12,17-19H2,1-2H3,(H,35,39). The first kappa shape index (κ1) is 33.7. The zero-order valence-corrected chi connectivity index (χ0v) is 25.6. The van der Waals surface area contributed by atoms with E-state index in [4.69, 9.17) is 9.47 Å². The Balaban J connectivity index is 1.42. The van der Waals surface area contributed by atoms with Crippen molar-refractivity contribution in [3.05, 3.63) is 82.9 Å². The van der Waals surface area contributed by atoms with Crippen molar-refractivity contribution in [3.8, 4) is 11.5 Å². The van der Waals surface area contributed by atoms with Crippen LogP contribution < -0.4 is 14.2 Å². The maximum Gasteiger partial charge on any atom is 0.534 e. The number of carbonyl (C=O) groups excluding carboxylic acids is 2. The van der Waals surface area contributed by atoms with Crippen molar-refractivity contribution in [2.75, 3.05) is 13.2 Å². The van der Waals surface area contributed by atoms with Gasteiger partial charge in [0.2, 0.25) is 0 Å². The van der Waals surface area contributed by atoms with E-state index in [1.54, 1.807) is 26.0 Å². The first-order valence-electron chi connectivity index (χ1n) is 14.4. The maximum absolute atomic E-state index is 13.1. The largest absolute Gasteiger partial charge is 0.534 e. The molecule has 1 saturated carbocycles. The van der Waals surface area contributed by atoms with Crippen LogP contribution in [0.4, 0.5) is 13.2 Å². The van der Waals surface area contributed by atoms with E-state index in [0.717, 1.165) is 36.8 Å². The third-order valence-electron chi connectivity index (χ3n) is 7.38. The number of halogens is 3. The summed E-state index contributed by atoms with van der Waals surface area (Å²) in [6, 6.07) is 15.0. The van der Waals surface area contributed by atoms with Crippen LogP contribution in [0, 0.1) is 12.8 Å². The van der Waals surface area contributed by atoms with Crippen molar-refractivity contribution in [1.82, 2.24) is 15.3 Å². The average Bonchev–Trinajstić information content (AvgIpc) is 3.00. The van der Waals surface area contributed by atoms with E-state index in [2.05, 4.69) is 19.5 Å². The number of amides is 1. The van der Waals surface area contributed by atoms with Gasteiger partial charge in [0.1, 0.15) is 24.7 Å². The van der Waals surface area contributed by atoms with Crippen molar-refractivity contribution in [1.29, 1.82) is 0 Å². The number of alkyl halides is 3. The number of nitrogens with one attached hydrogen (secondary N) is 1. The van der Waals surface area contributed by atoms with Crippen LogP contribution in [0.5, 0.6) is 11.5 Å². The number of rotatable bonds is 12. The summed E-state index contributed by atoms with van der Waals surface area (Å²) in [6.45, 7) is 3.46. The van der Waals surface area contributed by atoms with Crippen LogP contribution in [0.15, 0.2) is 54.6 Å². The molecular formula is C31H34F3N3O7S. The number of nitrogens with zero attached hydrogens (tertiary/aromatic N) is 2. The fourth-order valence-electron chi connectivity index (χ4n) is 5.14. The molecule has 0 saturated heterocycles. The SMILES string of the molecule is CCOC(=O)CNC(=O)c1nc(CC2CCC(c3ccc(OS(=O)(=O)C(F)(F)F)cc3)CC2)nc(C)c1OCc1ccccc1. The molecule has 1 fully saturated rings. The Bertz CT molecular complexity index is 1580. The molecule has 1 heterocycles. The van der Waals surface area contributed by atoms with Gasteiger partial charge in [-0.15, -0.1) is 0 Å². The Morgan fingerprint density at radius 1 is 0.978 bits per heavy atom. The number of benzene rings is 2. The van der Waals surface area contributed by atoms with Crippen LogP contribution in [0.2, 0.25) is 0 Å². The molecule has 4 rings (SSSR count). The second-order valence-corrected chi connectivity index (χ2v) is 12.2. The average molecular weight is 650 g/mol. The maximum atomic E-state index is 13.1. The Hall–Kier alpha value is -4.20. The van der Waals surface area contributed by atoms with E-state index in [0.29, 0.717) is 17.9 Å². The molecule has 0 radical (unpaired) electrons. The van der Waals surface area contributed by atoms with Gasteiger partial charge in [-0.2, -0.15) is 21.6 Å². The van der Waals surface area contributed by atoms with Gasteiger partial charge in [0, 0.05) is 6.42 Å². The monoisotopic (exact) mass is 649 g/mol. The second kappa shape index (κ2) is 14.7. The molecule has 1 N–H and O–H groups in total. The second-order valence-electron chi connectivity index (χ2n) is 10.6. The lowest BCUT2D eigenvalue weighted by atomic mass is 9.77. The molecule has 0 atom stereocenters. The van der Waals surface area contributed by atoms with Gasteiger partial charge in [0.25, 0.3) is 5.91 Å². The number of carbonyl (C=O) groups is 2. The predicted molar refractivity (Wildman–Crippen MR) is 157 cm³/mol. The topological polar surface area (TPSA) is 134 Å². The molecule has 2 aromatic carbocycles. The first-order chi connectivity index (χ1) is 21.4. The lowest BCUT2D eigenvalue weighted by Gasteiger charge is -2.28. The smallest absolute Gasteiger partial charge is 0.485 e. The summed E-state index contributed by atoms with van der Waals surface area (Å²) in [7, 11) is -5.73. The van der Waals surface area contributed by atoms with Crippen LogP contribution in [0.1, 0.15) is 71.7 Å². The van der Waals surface area contributed by atoms with Gasteiger partial charge >= 0.3 is 21.6 Å². The lowest BCUT2D eigenvalue weighted by Crippen LogP contribution is -2.32. The number of esters is 1. The molecule has 10 nitrogen and oxygen atoms in total. The highest BCUT2D eigenvalue weighted by Gasteiger charge is 2.48. The fraction of sp³-hybridized carbons (Fsp3) is 0.419. The van der Waals surface area contributed by atoms with E-state index in [9.17, 15) is 31.2 Å². The van der Waals surface area contributed by atoms with Crippen molar-refractivity contribution < 1.29 is 44.8 Å². The summed E-state index contributed by atoms with van der Waals surface area (Å²) in [4.78, 5) is 34.2. The molecule has 1 aliphatic rings. The highest BCUT2D eigenvalue weighted by Crippen LogP contribution is 2.38. The fourth-order valence-corrected chi connectivity index (χ4v) is 5.60. The number of aromatic nitrogens is 2. The summed E-state index contributed by atoms with van der Waals surface area (Å²) in [5.74, 6) is -0.525. The number of hydrogen-bond acceptors (Lipinski definition) is 9. The third-order valence-corrected chi connectivity index (χ3v) is 8.36. The lowest BCUT2D eigenvalue weighted by molar-refractivity contribution is -0.141. The number of hydrogen-bond donors (Lipinski definition) is 1. The molecule has 3 aromatic rings. The van der Waals surface area contributed by atoms with E-state index in [1.807, 2.05) is 30.3 Å². The van der Waals surface area contributed by atoms with Crippen molar-refractivity contribution in [2.45, 2.75) is 64.0 Å². The third kappa shape index (κ3) is 9.16. The molecule has 1 amide bonds. The zero-order valence-electron chi connectivity index (χ0n) is 24.8. The van der Waals surface area contributed by atoms with Gasteiger partial charge in [-0.25, -0.2) is 9.97 Å². The summed E-state index contributed by atoms with van der Waals surface area (Å²) in [5.41, 5.74) is -3.22. The van der Waals surface area contributed by atoms with Gasteiger partial charge in [0.05, 0.1) is 12.3 Å². The first-order valence-corrected chi connectivity index (χ1v) is 15.9. The van der Waals surface area contributed by atoms with Crippen LogP contribution in [0.3, 0.4) is 0 Å². The summed E-state index contributed by atoms with van der Waals surface area (Å²) < 4.78 is 75.4. The molecule has 1 aromatic heterocycles.